The number of nitrogens with one attached hydrogen (secondary N) is 1. The van der Waals surface area contributed by atoms with Crippen LogP contribution in [-0.4, -0.2) is 34.8 Å². The van der Waals surface area contributed by atoms with Crippen molar-refractivity contribution in [1.29, 1.82) is 0 Å². The van der Waals surface area contributed by atoms with E-state index in [0.717, 1.165) is 6.42 Å². The third-order valence-electron chi connectivity index (χ3n) is 4.41. The summed E-state index contributed by atoms with van der Waals surface area (Å²) in [5.41, 5.74) is -0.478. The zero-order valence-corrected chi connectivity index (χ0v) is 11.2. The molecule has 1 saturated carbocycles. The van der Waals surface area contributed by atoms with E-state index >= 15 is 0 Å². The third kappa shape index (κ3) is 1.83. The number of rotatable bonds is 3. The fourth-order valence-electron chi connectivity index (χ4n) is 2.81. The summed E-state index contributed by atoms with van der Waals surface area (Å²) in [5.74, 6) is 0.0914. The van der Waals surface area contributed by atoms with E-state index in [9.17, 15) is 9.59 Å². The van der Waals surface area contributed by atoms with Crippen molar-refractivity contribution < 1.29 is 9.59 Å². The predicted octanol–water partition coefficient (Wildman–Crippen LogP) is 1.30. The second-order valence-electron chi connectivity index (χ2n) is 5.98. The molecule has 0 radical (unpaired) electrons. The van der Waals surface area contributed by atoms with Crippen LogP contribution < -0.4 is 5.32 Å². The van der Waals surface area contributed by atoms with Crippen LogP contribution in [0.3, 0.4) is 0 Å². The Hall–Kier alpha value is -1.06. The predicted molar refractivity (Wildman–Crippen MR) is 65.4 cm³/mol. The zero-order chi connectivity index (χ0) is 12.8. The van der Waals surface area contributed by atoms with Gasteiger partial charge in [-0.05, 0) is 24.7 Å². The summed E-state index contributed by atoms with van der Waals surface area (Å²) < 4.78 is 0. The highest BCUT2D eigenvalue weighted by molar-refractivity contribution is 5.98. The minimum atomic E-state index is -0.659. The smallest absolute Gasteiger partial charge is 0.249 e. The average Bonchev–Trinajstić information content (AvgIpc) is 2.90. The lowest BCUT2D eigenvalue weighted by molar-refractivity contribution is -0.151. The highest BCUT2D eigenvalue weighted by Gasteiger charge is 2.56. The van der Waals surface area contributed by atoms with Crippen LogP contribution in [-0.2, 0) is 9.59 Å². The van der Waals surface area contributed by atoms with E-state index in [1.54, 1.807) is 4.90 Å². The molecule has 17 heavy (non-hydrogen) atoms. The summed E-state index contributed by atoms with van der Waals surface area (Å²) in [5, 5.41) is 2.89. The van der Waals surface area contributed by atoms with Crippen molar-refractivity contribution in [3.05, 3.63) is 0 Å². The Morgan fingerprint density at radius 1 is 1.29 bits per heavy atom. The monoisotopic (exact) mass is 238 g/mol. The molecule has 0 bridgehead atoms. The molecule has 0 aromatic rings. The van der Waals surface area contributed by atoms with E-state index in [2.05, 4.69) is 19.2 Å². The van der Waals surface area contributed by atoms with Gasteiger partial charge in [0.25, 0.3) is 0 Å². The van der Waals surface area contributed by atoms with Crippen molar-refractivity contribution in [2.45, 2.75) is 58.5 Å². The lowest BCUT2D eigenvalue weighted by Crippen LogP contribution is -2.66. The molecule has 1 saturated heterocycles. The molecular formula is C13H22N2O2. The quantitative estimate of drug-likeness (QED) is 0.805. The Bertz CT molecular complexity index is 358. The molecule has 2 aliphatic rings. The average molecular weight is 238 g/mol. The second kappa shape index (κ2) is 3.72. The lowest BCUT2D eigenvalue weighted by atomic mass is 9.88. The van der Waals surface area contributed by atoms with Gasteiger partial charge in [-0.1, -0.05) is 27.7 Å². The van der Waals surface area contributed by atoms with Crippen LogP contribution in [0.15, 0.2) is 0 Å². The van der Waals surface area contributed by atoms with Crippen LogP contribution in [0.25, 0.3) is 0 Å². The Morgan fingerprint density at radius 3 is 2.24 bits per heavy atom. The van der Waals surface area contributed by atoms with Crippen LogP contribution in [0.1, 0.15) is 47.0 Å². The van der Waals surface area contributed by atoms with Gasteiger partial charge in [0.15, 0.2) is 0 Å². The second-order valence-corrected chi connectivity index (χ2v) is 5.98. The number of carbonyl (C=O) groups excluding carboxylic acids is 2. The summed E-state index contributed by atoms with van der Waals surface area (Å²) in [6.07, 6.45) is 2.34. The van der Waals surface area contributed by atoms with Gasteiger partial charge in [0, 0.05) is 6.04 Å². The van der Waals surface area contributed by atoms with E-state index < -0.39 is 5.54 Å². The van der Waals surface area contributed by atoms with E-state index in [0.29, 0.717) is 12.8 Å². The standard InChI is InChI=1S/C13H22N2O2/c1-5-13(6-2)11(17)15(8-10(16)14-13)9-7-12(9,3)4/h9H,5-8H2,1-4H3,(H,14,16). The molecule has 1 aliphatic heterocycles. The van der Waals surface area contributed by atoms with Crippen molar-refractivity contribution in [3.63, 3.8) is 0 Å². The maximum Gasteiger partial charge on any atom is 0.249 e. The first-order valence-corrected chi connectivity index (χ1v) is 6.48. The minimum absolute atomic E-state index is 0.0176. The first kappa shape index (κ1) is 12.4. The lowest BCUT2D eigenvalue weighted by Gasteiger charge is -2.41. The van der Waals surface area contributed by atoms with Crippen LogP contribution in [0, 0.1) is 5.41 Å². The number of hydrogen-bond donors (Lipinski definition) is 1. The van der Waals surface area contributed by atoms with Gasteiger partial charge in [-0.2, -0.15) is 0 Å². The number of amides is 2. The largest absolute Gasteiger partial charge is 0.340 e. The summed E-state index contributed by atoms with van der Waals surface area (Å²) in [7, 11) is 0. The van der Waals surface area contributed by atoms with Crippen LogP contribution in [0.4, 0.5) is 0 Å². The minimum Gasteiger partial charge on any atom is -0.340 e. The molecule has 2 rings (SSSR count). The summed E-state index contributed by atoms with van der Waals surface area (Å²) in [6, 6.07) is 0.249. The van der Waals surface area contributed by atoms with Gasteiger partial charge < -0.3 is 10.2 Å². The van der Waals surface area contributed by atoms with Gasteiger partial charge in [-0.3, -0.25) is 9.59 Å². The highest BCUT2D eigenvalue weighted by Crippen LogP contribution is 2.49. The molecule has 1 aliphatic carbocycles. The molecule has 4 heteroatoms. The number of carbonyl (C=O) groups is 2. The first-order valence-electron chi connectivity index (χ1n) is 6.48. The topological polar surface area (TPSA) is 49.4 Å². The van der Waals surface area contributed by atoms with Crippen LogP contribution in [0.5, 0.6) is 0 Å². The van der Waals surface area contributed by atoms with Crippen molar-refractivity contribution >= 4 is 11.8 Å². The first-order chi connectivity index (χ1) is 7.86. The highest BCUT2D eigenvalue weighted by atomic mass is 16.2. The van der Waals surface area contributed by atoms with E-state index in [1.165, 1.54) is 0 Å². The van der Waals surface area contributed by atoms with Gasteiger partial charge >= 0.3 is 0 Å². The number of nitrogens with zero attached hydrogens (tertiary/aromatic N) is 1. The Kier molecular flexibility index (Phi) is 2.71. The van der Waals surface area contributed by atoms with Gasteiger partial charge in [0.2, 0.25) is 11.8 Å². The number of piperazine rings is 1. The fraction of sp³-hybridized carbons (Fsp3) is 0.846. The third-order valence-corrected chi connectivity index (χ3v) is 4.41. The Morgan fingerprint density at radius 2 is 1.82 bits per heavy atom. The van der Waals surface area contributed by atoms with Crippen LogP contribution in [0.2, 0.25) is 0 Å². The van der Waals surface area contributed by atoms with E-state index in [-0.39, 0.29) is 29.8 Å². The van der Waals surface area contributed by atoms with Crippen molar-refractivity contribution in [2.75, 3.05) is 6.54 Å². The molecule has 1 unspecified atom stereocenters. The number of hydrogen-bond acceptors (Lipinski definition) is 2. The van der Waals surface area contributed by atoms with Crippen LogP contribution >= 0.6 is 0 Å². The van der Waals surface area contributed by atoms with Crippen molar-refractivity contribution in [2.24, 2.45) is 5.41 Å². The molecule has 4 nitrogen and oxygen atoms in total. The molecule has 96 valence electrons. The van der Waals surface area contributed by atoms with Gasteiger partial charge in [-0.25, -0.2) is 0 Å². The fourth-order valence-corrected chi connectivity index (χ4v) is 2.81. The molecule has 0 aromatic carbocycles. The molecule has 2 amide bonds. The Labute approximate surface area is 103 Å². The van der Waals surface area contributed by atoms with Gasteiger partial charge in [-0.15, -0.1) is 0 Å². The molecule has 0 spiro atoms. The van der Waals surface area contributed by atoms with Crippen molar-refractivity contribution in [3.8, 4) is 0 Å². The van der Waals surface area contributed by atoms with E-state index in [4.69, 9.17) is 0 Å². The SMILES string of the molecule is CCC1(CC)NC(=O)CN(C2CC2(C)C)C1=O. The summed E-state index contributed by atoms with van der Waals surface area (Å²) >= 11 is 0. The molecule has 1 heterocycles. The molecule has 0 aromatic heterocycles. The molecule has 1 atom stereocenters. The van der Waals surface area contributed by atoms with E-state index in [1.807, 2.05) is 13.8 Å². The molecule has 1 N–H and O–H groups in total. The maximum atomic E-state index is 12.5. The van der Waals surface area contributed by atoms with Crippen molar-refractivity contribution in [1.82, 2.24) is 10.2 Å². The zero-order valence-electron chi connectivity index (χ0n) is 11.2. The van der Waals surface area contributed by atoms with Gasteiger partial charge in [0.1, 0.15) is 5.54 Å². The summed E-state index contributed by atoms with van der Waals surface area (Å²) in [6.45, 7) is 8.45. The summed E-state index contributed by atoms with van der Waals surface area (Å²) in [4.78, 5) is 26.1. The maximum absolute atomic E-state index is 12.5. The molecular weight excluding hydrogens is 216 g/mol. The normalized spacial score (nSPS) is 30.1. The molecule has 2 fully saturated rings. The van der Waals surface area contributed by atoms with Gasteiger partial charge in [0.05, 0.1) is 6.54 Å². The Balaban J connectivity index is 2.24.